The van der Waals surface area contributed by atoms with Gasteiger partial charge in [0.2, 0.25) is 0 Å². The highest BCUT2D eigenvalue weighted by molar-refractivity contribution is 6.07. The Labute approximate surface area is 195 Å². The number of alkyl halides is 3. The third-order valence-electron chi connectivity index (χ3n) is 5.48. The molecule has 7 nitrogen and oxygen atoms in total. The standard InChI is InChI=1S/C24H24F3N5O2/c1-32-11-3-5-21(32)34-19-13-17(24(25,26)27)12-18(14-19)31-23(33)20-4-2-8-29-22(20)30-15-16-6-9-28-10-7-16/h2,4,6-10,12-14,21H,3,5,11,15H2,1H3,(H,29,30)(H,31,33). The molecule has 1 atom stereocenters. The van der Waals surface area contributed by atoms with Crippen molar-refractivity contribution in [2.24, 2.45) is 0 Å². The second-order valence-electron chi connectivity index (χ2n) is 8.00. The fourth-order valence-electron chi connectivity index (χ4n) is 3.70. The Kier molecular flexibility index (Phi) is 6.97. The molecule has 10 heteroatoms. The summed E-state index contributed by atoms with van der Waals surface area (Å²) in [6.07, 6.45) is 1.55. The van der Waals surface area contributed by atoms with E-state index in [4.69, 9.17) is 4.74 Å². The smallest absolute Gasteiger partial charge is 0.416 e. The van der Waals surface area contributed by atoms with Crippen LogP contribution in [0.4, 0.5) is 24.7 Å². The number of carbonyl (C=O) groups is 1. The average Bonchev–Trinajstić information content (AvgIpc) is 3.22. The molecule has 1 aliphatic rings. The van der Waals surface area contributed by atoms with E-state index in [0.717, 1.165) is 37.1 Å². The van der Waals surface area contributed by atoms with Crippen molar-refractivity contribution in [2.45, 2.75) is 31.8 Å². The zero-order valence-corrected chi connectivity index (χ0v) is 18.5. The molecule has 34 heavy (non-hydrogen) atoms. The van der Waals surface area contributed by atoms with E-state index in [-0.39, 0.29) is 23.2 Å². The van der Waals surface area contributed by atoms with Crippen LogP contribution in [0.25, 0.3) is 0 Å². The molecule has 1 unspecified atom stereocenters. The first-order valence-corrected chi connectivity index (χ1v) is 10.8. The molecule has 4 rings (SSSR count). The third-order valence-corrected chi connectivity index (χ3v) is 5.48. The SMILES string of the molecule is CN1CCCC1Oc1cc(NC(=O)c2cccnc2NCc2ccncc2)cc(C(F)(F)F)c1. The summed E-state index contributed by atoms with van der Waals surface area (Å²) in [5.41, 5.74) is 0.220. The van der Waals surface area contributed by atoms with E-state index in [1.807, 2.05) is 24.1 Å². The zero-order valence-electron chi connectivity index (χ0n) is 18.5. The van der Waals surface area contributed by atoms with Crippen LogP contribution in [-0.4, -0.2) is 40.6 Å². The van der Waals surface area contributed by atoms with Gasteiger partial charge in [-0.15, -0.1) is 0 Å². The first-order valence-electron chi connectivity index (χ1n) is 10.8. The summed E-state index contributed by atoms with van der Waals surface area (Å²) >= 11 is 0. The molecule has 1 aromatic carbocycles. The van der Waals surface area contributed by atoms with Crippen LogP contribution in [0.3, 0.4) is 0 Å². The van der Waals surface area contributed by atoms with Gasteiger partial charge in [0.1, 0.15) is 11.6 Å². The highest BCUT2D eigenvalue weighted by atomic mass is 19.4. The lowest BCUT2D eigenvalue weighted by Gasteiger charge is -2.22. The molecule has 0 bridgehead atoms. The highest BCUT2D eigenvalue weighted by Crippen LogP contribution is 2.35. The molecule has 3 heterocycles. The summed E-state index contributed by atoms with van der Waals surface area (Å²) in [5.74, 6) is -0.229. The minimum Gasteiger partial charge on any atom is -0.475 e. The molecular formula is C24H24F3N5O2. The van der Waals surface area contributed by atoms with Crippen molar-refractivity contribution in [2.75, 3.05) is 24.2 Å². The number of carbonyl (C=O) groups excluding carboxylic acids is 1. The van der Waals surface area contributed by atoms with Crippen LogP contribution in [0.1, 0.15) is 34.3 Å². The minimum atomic E-state index is -4.59. The lowest BCUT2D eigenvalue weighted by molar-refractivity contribution is -0.137. The van der Waals surface area contributed by atoms with E-state index in [1.54, 1.807) is 24.5 Å². The summed E-state index contributed by atoms with van der Waals surface area (Å²) in [7, 11) is 1.86. The lowest BCUT2D eigenvalue weighted by atomic mass is 10.1. The molecule has 0 spiro atoms. The van der Waals surface area contributed by atoms with Crippen LogP contribution in [0.2, 0.25) is 0 Å². The van der Waals surface area contributed by atoms with Gasteiger partial charge in [-0.05, 0) is 61.9 Å². The Morgan fingerprint density at radius 1 is 1.18 bits per heavy atom. The van der Waals surface area contributed by atoms with Gasteiger partial charge in [-0.2, -0.15) is 13.2 Å². The summed E-state index contributed by atoms with van der Waals surface area (Å²) in [5, 5.41) is 5.65. The molecule has 1 saturated heterocycles. The van der Waals surface area contributed by atoms with E-state index in [0.29, 0.717) is 12.4 Å². The van der Waals surface area contributed by atoms with Gasteiger partial charge in [0.15, 0.2) is 6.23 Å². The number of benzene rings is 1. The first kappa shape index (κ1) is 23.5. The minimum absolute atomic E-state index is 0.0144. The van der Waals surface area contributed by atoms with Crippen LogP contribution in [0.5, 0.6) is 5.75 Å². The van der Waals surface area contributed by atoms with Crippen molar-refractivity contribution < 1.29 is 22.7 Å². The number of amides is 1. The molecule has 0 radical (unpaired) electrons. The van der Waals surface area contributed by atoms with Crippen molar-refractivity contribution in [1.82, 2.24) is 14.9 Å². The van der Waals surface area contributed by atoms with E-state index in [2.05, 4.69) is 20.6 Å². The van der Waals surface area contributed by atoms with Crippen molar-refractivity contribution in [3.05, 3.63) is 77.7 Å². The molecular weight excluding hydrogens is 447 g/mol. The zero-order chi connectivity index (χ0) is 24.1. The van der Waals surface area contributed by atoms with Crippen molar-refractivity contribution >= 4 is 17.4 Å². The van der Waals surface area contributed by atoms with Crippen molar-refractivity contribution in [1.29, 1.82) is 0 Å². The van der Waals surface area contributed by atoms with Crippen LogP contribution in [0, 0.1) is 0 Å². The molecule has 0 saturated carbocycles. The Morgan fingerprint density at radius 3 is 2.68 bits per heavy atom. The fraction of sp³-hybridized carbons (Fsp3) is 0.292. The molecule has 3 aromatic rings. The van der Waals surface area contributed by atoms with Gasteiger partial charge in [-0.3, -0.25) is 14.7 Å². The summed E-state index contributed by atoms with van der Waals surface area (Å²) < 4.78 is 46.4. The fourth-order valence-corrected chi connectivity index (χ4v) is 3.70. The number of halogens is 3. The van der Waals surface area contributed by atoms with Crippen LogP contribution >= 0.6 is 0 Å². The molecule has 1 aliphatic heterocycles. The van der Waals surface area contributed by atoms with Gasteiger partial charge in [-0.25, -0.2) is 4.98 Å². The number of ether oxygens (including phenoxy) is 1. The van der Waals surface area contributed by atoms with Crippen molar-refractivity contribution in [3.63, 3.8) is 0 Å². The first-order chi connectivity index (χ1) is 16.3. The van der Waals surface area contributed by atoms with Gasteiger partial charge in [0.05, 0.1) is 11.1 Å². The monoisotopic (exact) mass is 471 g/mol. The molecule has 1 amide bonds. The van der Waals surface area contributed by atoms with E-state index in [1.165, 1.54) is 12.3 Å². The van der Waals surface area contributed by atoms with Crippen LogP contribution in [0.15, 0.2) is 61.1 Å². The Bertz CT molecular complexity index is 1140. The van der Waals surface area contributed by atoms with E-state index in [9.17, 15) is 18.0 Å². The normalized spacial score (nSPS) is 16.3. The van der Waals surface area contributed by atoms with Gasteiger partial charge >= 0.3 is 6.18 Å². The molecule has 2 aromatic heterocycles. The number of rotatable bonds is 7. The molecule has 1 fully saturated rings. The van der Waals surface area contributed by atoms with E-state index < -0.39 is 17.6 Å². The Balaban J connectivity index is 1.55. The number of nitrogens with zero attached hydrogens (tertiary/aromatic N) is 3. The molecule has 2 N–H and O–H groups in total. The number of anilines is 2. The van der Waals surface area contributed by atoms with E-state index >= 15 is 0 Å². The predicted octanol–water partition coefficient (Wildman–Crippen LogP) is 4.79. The van der Waals surface area contributed by atoms with Gasteiger partial charge in [0, 0.05) is 43.4 Å². The lowest BCUT2D eigenvalue weighted by Crippen LogP contribution is -2.30. The quantitative estimate of drug-likeness (QED) is 0.516. The highest BCUT2D eigenvalue weighted by Gasteiger charge is 2.32. The van der Waals surface area contributed by atoms with Crippen LogP contribution < -0.4 is 15.4 Å². The maximum atomic E-state index is 13.5. The van der Waals surface area contributed by atoms with Gasteiger partial charge < -0.3 is 15.4 Å². The predicted molar refractivity (Wildman–Crippen MR) is 121 cm³/mol. The summed E-state index contributed by atoms with van der Waals surface area (Å²) in [6.45, 7) is 1.21. The number of likely N-dealkylation sites (tertiary alicyclic amines) is 1. The third kappa shape index (κ3) is 5.82. The second kappa shape index (κ2) is 10.1. The van der Waals surface area contributed by atoms with Crippen LogP contribution in [-0.2, 0) is 12.7 Å². The maximum Gasteiger partial charge on any atom is 0.416 e. The topological polar surface area (TPSA) is 79.4 Å². The maximum absolute atomic E-state index is 13.5. The number of aromatic nitrogens is 2. The Hall–Kier alpha value is -3.66. The largest absolute Gasteiger partial charge is 0.475 e. The molecule has 178 valence electrons. The van der Waals surface area contributed by atoms with Gasteiger partial charge in [-0.1, -0.05) is 0 Å². The molecule has 0 aliphatic carbocycles. The second-order valence-corrected chi connectivity index (χ2v) is 8.00. The van der Waals surface area contributed by atoms with Gasteiger partial charge in [0.25, 0.3) is 5.91 Å². The number of hydrogen-bond donors (Lipinski definition) is 2. The number of nitrogens with one attached hydrogen (secondary N) is 2. The number of hydrogen-bond acceptors (Lipinski definition) is 6. The Morgan fingerprint density at radius 2 is 1.97 bits per heavy atom. The summed E-state index contributed by atoms with van der Waals surface area (Å²) in [6, 6.07) is 10.0. The summed E-state index contributed by atoms with van der Waals surface area (Å²) in [4.78, 5) is 23.1. The average molecular weight is 471 g/mol. The van der Waals surface area contributed by atoms with Crippen molar-refractivity contribution in [3.8, 4) is 5.75 Å². The number of pyridine rings is 2.